The van der Waals surface area contributed by atoms with E-state index in [1.54, 1.807) is 12.1 Å². The van der Waals surface area contributed by atoms with Crippen LogP contribution in [0.4, 0.5) is 26.4 Å². The fourth-order valence-corrected chi connectivity index (χ4v) is 2.51. The van der Waals surface area contributed by atoms with E-state index in [2.05, 4.69) is 30.6 Å². The number of carbonyl (C=O) groups is 1. The molecule has 0 fully saturated rings. The first-order chi connectivity index (χ1) is 14.5. The summed E-state index contributed by atoms with van der Waals surface area (Å²) in [5.41, 5.74) is 6.91. The van der Waals surface area contributed by atoms with E-state index in [-0.39, 0.29) is 16.7 Å². The summed E-state index contributed by atoms with van der Waals surface area (Å²) >= 11 is 6.24. The van der Waals surface area contributed by atoms with Gasteiger partial charge in [-0.05, 0) is 36.4 Å². The minimum atomic E-state index is -0.543. The molecule has 0 radical (unpaired) electrons. The van der Waals surface area contributed by atoms with Crippen LogP contribution in [0.5, 0.6) is 11.6 Å². The molecular formula is C19H16ClFN6O3. The Bertz CT molecular complexity index is 1080. The molecule has 30 heavy (non-hydrogen) atoms. The standard InChI is InChI=1S/C19H16ClFN6O3/c1-29-25-9-14-17(22)23-10-24-18(14)30-13-6-7-16(15(20)8-13)27-19(28)26-12-4-2-11(21)3-5-12/h2-10H,1H3,(H2,22,23,24)(H2,26,27,28). The van der Waals surface area contributed by atoms with Gasteiger partial charge in [-0.2, -0.15) is 0 Å². The number of nitrogen functional groups attached to an aromatic ring is 1. The number of ether oxygens (including phenoxy) is 1. The summed E-state index contributed by atoms with van der Waals surface area (Å²) < 4.78 is 18.6. The molecule has 11 heteroatoms. The molecule has 3 rings (SSSR count). The molecule has 1 heterocycles. The Morgan fingerprint density at radius 1 is 1.20 bits per heavy atom. The lowest BCUT2D eigenvalue weighted by Gasteiger charge is -2.12. The van der Waals surface area contributed by atoms with Gasteiger partial charge in [-0.1, -0.05) is 16.8 Å². The minimum Gasteiger partial charge on any atom is -0.438 e. The van der Waals surface area contributed by atoms with Crippen LogP contribution in [-0.4, -0.2) is 29.3 Å². The number of nitrogens with zero attached hydrogens (tertiary/aromatic N) is 3. The van der Waals surface area contributed by atoms with Gasteiger partial charge < -0.3 is 25.9 Å². The van der Waals surface area contributed by atoms with Crippen LogP contribution >= 0.6 is 11.6 Å². The highest BCUT2D eigenvalue weighted by atomic mass is 35.5. The van der Waals surface area contributed by atoms with Gasteiger partial charge in [0, 0.05) is 11.8 Å². The number of urea groups is 1. The van der Waals surface area contributed by atoms with Crippen LogP contribution in [0.25, 0.3) is 0 Å². The second kappa shape index (κ2) is 9.52. The van der Waals surface area contributed by atoms with Crippen LogP contribution in [0, 0.1) is 5.82 Å². The van der Waals surface area contributed by atoms with E-state index in [4.69, 9.17) is 22.1 Å². The van der Waals surface area contributed by atoms with Gasteiger partial charge in [0.05, 0.1) is 16.9 Å². The number of anilines is 3. The SMILES string of the molecule is CON=Cc1c(N)ncnc1Oc1ccc(NC(=O)Nc2ccc(F)cc2)c(Cl)c1. The Morgan fingerprint density at radius 2 is 1.97 bits per heavy atom. The summed E-state index contributed by atoms with van der Waals surface area (Å²) in [4.78, 5) is 24.7. The number of nitrogens with one attached hydrogen (secondary N) is 2. The largest absolute Gasteiger partial charge is 0.438 e. The molecule has 4 N–H and O–H groups in total. The van der Waals surface area contributed by atoms with Crippen molar-refractivity contribution >= 4 is 41.0 Å². The highest BCUT2D eigenvalue weighted by molar-refractivity contribution is 6.34. The van der Waals surface area contributed by atoms with E-state index >= 15 is 0 Å². The molecule has 0 spiro atoms. The molecule has 0 aliphatic rings. The third kappa shape index (κ3) is 5.32. The highest BCUT2D eigenvalue weighted by Gasteiger charge is 2.12. The van der Waals surface area contributed by atoms with Crippen molar-refractivity contribution in [2.24, 2.45) is 5.16 Å². The zero-order valence-corrected chi connectivity index (χ0v) is 16.4. The molecule has 154 valence electrons. The summed E-state index contributed by atoms with van der Waals surface area (Å²) in [6, 6.07) is 9.42. The number of carbonyl (C=O) groups excluding carboxylic acids is 1. The lowest BCUT2D eigenvalue weighted by Crippen LogP contribution is -2.19. The van der Waals surface area contributed by atoms with Gasteiger partial charge in [-0.25, -0.2) is 19.2 Å². The van der Waals surface area contributed by atoms with E-state index in [0.717, 1.165) is 0 Å². The summed E-state index contributed by atoms with van der Waals surface area (Å²) in [5, 5.41) is 9.03. The molecule has 0 unspecified atom stereocenters. The number of amides is 2. The number of hydrogen-bond donors (Lipinski definition) is 3. The topological polar surface area (TPSA) is 124 Å². The Balaban J connectivity index is 1.71. The van der Waals surface area contributed by atoms with Crippen LogP contribution in [0.2, 0.25) is 5.02 Å². The maximum absolute atomic E-state index is 12.9. The normalized spacial score (nSPS) is 10.6. The van der Waals surface area contributed by atoms with E-state index < -0.39 is 11.8 Å². The van der Waals surface area contributed by atoms with Crippen molar-refractivity contribution in [2.75, 3.05) is 23.5 Å². The number of nitrogens with two attached hydrogens (primary N) is 1. The van der Waals surface area contributed by atoms with Crippen molar-refractivity contribution in [1.29, 1.82) is 0 Å². The van der Waals surface area contributed by atoms with Gasteiger partial charge in [-0.15, -0.1) is 0 Å². The third-order valence-corrected chi connectivity index (χ3v) is 3.98. The van der Waals surface area contributed by atoms with Gasteiger partial charge in [0.25, 0.3) is 0 Å². The zero-order chi connectivity index (χ0) is 21.5. The van der Waals surface area contributed by atoms with Crippen LogP contribution in [-0.2, 0) is 4.84 Å². The average molecular weight is 431 g/mol. The van der Waals surface area contributed by atoms with Crippen molar-refractivity contribution in [3.8, 4) is 11.6 Å². The highest BCUT2D eigenvalue weighted by Crippen LogP contribution is 2.31. The van der Waals surface area contributed by atoms with Gasteiger partial charge in [-0.3, -0.25) is 0 Å². The number of oxime groups is 1. The third-order valence-electron chi connectivity index (χ3n) is 3.67. The van der Waals surface area contributed by atoms with Crippen LogP contribution in [0.15, 0.2) is 53.9 Å². The second-order valence-corrected chi connectivity index (χ2v) is 6.13. The van der Waals surface area contributed by atoms with E-state index in [1.807, 2.05) is 0 Å². The molecule has 2 amide bonds. The lowest BCUT2D eigenvalue weighted by atomic mass is 10.3. The Kier molecular flexibility index (Phi) is 6.60. The van der Waals surface area contributed by atoms with Crippen molar-refractivity contribution in [2.45, 2.75) is 0 Å². The molecule has 0 aliphatic heterocycles. The molecule has 3 aromatic rings. The number of aromatic nitrogens is 2. The fraction of sp³-hybridized carbons (Fsp3) is 0.0526. The molecular weight excluding hydrogens is 415 g/mol. The first-order valence-electron chi connectivity index (χ1n) is 8.44. The lowest BCUT2D eigenvalue weighted by molar-refractivity contribution is 0.215. The van der Waals surface area contributed by atoms with Gasteiger partial charge in [0.15, 0.2) is 0 Å². The van der Waals surface area contributed by atoms with Crippen molar-refractivity contribution < 1.29 is 18.8 Å². The maximum atomic E-state index is 12.9. The Morgan fingerprint density at radius 3 is 2.67 bits per heavy atom. The van der Waals surface area contributed by atoms with Crippen molar-refractivity contribution in [3.63, 3.8) is 0 Å². The smallest absolute Gasteiger partial charge is 0.323 e. The second-order valence-electron chi connectivity index (χ2n) is 5.72. The number of hydrogen-bond acceptors (Lipinski definition) is 7. The summed E-state index contributed by atoms with van der Waals surface area (Å²) in [5.74, 6) is 0.244. The molecule has 0 saturated heterocycles. The monoisotopic (exact) mass is 430 g/mol. The predicted octanol–water partition coefficient (Wildman–Crippen LogP) is 4.27. The molecule has 0 atom stereocenters. The van der Waals surface area contributed by atoms with Gasteiger partial charge in [0.2, 0.25) is 5.88 Å². The van der Waals surface area contributed by atoms with Crippen molar-refractivity contribution in [1.82, 2.24) is 9.97 Å². The Hall–Kier alpha value is -3.92. The molecule has 1 aromatic heterocycles. The summed E-state index contributed by atoms with van der Waals surface area (Å²) in [7, 11) is 1.38. The number of halogens is 2. The minimum absolute atomic E-state index is 0.147. The summed E-state index contributed by atoms with van der Waals surface area (Å²) in [6.45, 7) is 0. The zero-order valence-electron chi connectivity index (χ0n) is 15.6. The van der Waals surface area contributed by atoms with Crippen molar-refractivity contribution in [3.05, 3.63) is 65.2 Å². The maximum Gasteiger partial charge on any atom is 0.323 e. The predicted molar refractivity (Wildman–Crippen MR) is 112 cm³/mol. The van der Waals surface area contributed by atoms with Gasteiger partial charge in [0.1, 0.15) is 36.4 Å². The molecule has 0 saturated carbocycles. The molecule has 0 bridgehead atoms. The first-order valence-corrected chi connectivity index (χ1v) is 8.82. The van der Waals surface area contributed by atoms with Crippen LogP contribution in [0.3, 0.4) is 0 Å². The molecule has 0 aliphatic carbocycles. The van der Waals surface area contributed by atoms with Crippen LogP contribution < -0.4 is 21.1 Å². The van der Waals surface area contributed by atoms with E-state index in [9.17, 15) is 9.18 Å². The fourth-order valence-electron chi connectivity index (χ4n) is 2.29. The number of rotatable bonds is 6. The average Bonchev–Trinajstić information content (AvgIpc) is 2.71. The molecule has 9 nitrogen and oxygen atoms in total. The van der Waals surface area contributed by atoms with Gasteiger partial charge >= 0.3 is 6.03 Å². The first kappa shape index (κ1) is 20.8. The van der Waals surface area contributed by atoms with Crippen LogP contribution in [0.1, 0.15) is 5.56 Å². The van der Waals surface area contributed by atoms with E-state index in [0.29, 0.717) is 22.7 Å². The Labute approximate surface area is 175 Å². The molecule has 2 aromatic carbocycles. The quantitative estimate of drug-likeness (QED) is 0.396. The number of benzene rings is 2. The summed E-state index contributed by atoms with van der Waals surface area (Å²) in [6.07, 6.45) is 2.56. The van der Waals surface area contributed by atoms with E-state index in [1.165, 1.54) is 50.0 Å².